The van der Waals surface area contributed by atoms with Crippen LogP contribution in [0.3, 0.4) is 0 Å². The maximum Gasteiger partial charge on any atom is 0.230 e. The Bertz CT molecular complexity index is 968. The van der Waals surface area contributed by atoms with Crippen LogP contribution in [-0.4, -0.2) is 21.6 Å². The number of fused-ring (bicyclic) bond motifs is 3. The summed E-state index contributed by atoms with van der Waals surface area (Å²) in [7, 11) is 0. The molecule has 1 atom stereocenters. The highest BCUT2D eigenvalue weighted by Gasteiger charge is 2.24. The van der Waals surface area contributed by atoms with Gasteiger partial charge in [0.05, 0.1) is 5.75 Å². The molecule has 1 N–H and O–H groups in total. The van der Waals surface area contributed by atoms with E-state index in [2.05, 4.69) is 22.2 Å². The van der Waals surface area contributed by atoms with E-state index in [9.17, 15) is 4.79 Å². The number of aryl methyl sites for hydroxylation is 2. The summed E-state index contributed by atoms with van der Waals surface area (Å²) >= 11 is 3.34. The number of thiophene rings is 1. The maximum atomic E-state index is 12.3. The van der Waals surface area contributed by atoms with Crippen LogP contribution in [0.1, 0.15) is 35.2 Å². The van der Waals surface area contributed by atoms with Crippen LogP contribution < -0.4 is 5.32 Å². The molecule has 2 heterocycles. The number of benzene rings is 1. The van der Waals surface area contributed by atoms with E-state index in [0.717, 1.165) is 40.0 Å². The number of nitrogens with zero attached hydrogens (tertiary/aromatic N) is 2. The molecule has 140 valence electrons. The monoisotopic (exact) mass is 397 g/mol. The van der Waals surface area contributed by atoms with Gasteiger partial charge in [-0.2, -0.15) is 0 Å². The van der Waals surface area contributed by atoms with Crippen LogP contribution in [0.15, 0.2) is 35.4 Å². The first-order valence-electron chi connectivity index (χ1n) is 9.32. The minimum absolute atomic E-state index is 0.0333. The molecule has 0 aliphatic heterocycles. The van der Waals surface area contributed by atoms with Crippen molar-refractivity contribution in [3.05, 3.63) is 52.2 Å². The van der Waals surface area contributed by atoms with Gasteiger partial charge in [-0.05, 0) is 43.2 Å². The zero-order chi connectivity index (χ0) is 18.8. The highest BCUT2D eigenvalue weighted by atomic mass is 32.2. The molecule has 1 aliphatic rings. The summed E-state index contributed by atoms with van der Waals surface area (Å²) in [6, 6.07) is 9.98. The van der Waals surface area contributed by atoms with Gasteiger partial charge in [0.15, 0.2) is 0 Å². The van der Waals surface area contributed by atoms with Crippen molar-refractivity contribution in [3.63, 3.8) is 0 Å². The molecule has 0 saturated carbocycles. The quantitative estimate of drug-likeness (QED) is 0.507. The number of hydrogen-bond acceptors (Lipinski definition) is 5. The van der Waals surface area contributed by atoms with Crippen molar-refractivity contribution in [3.8, 4) is 0 Å². The third-order valence-electron chi connectivity index (χ3n) is 4.91. The second-order valence-electron chi connectivity index (χ2n) is 7.16. The summed E-state index contributed by atoms with van der Waals surface area (Å²) in [5.41, 5.74) is 2.53. The van der Waals surface area contributed by atoms with E-state index < -0.39 is 0 Å². The Kier molecular flexibility index (Phi) is 5.45. The fourth-order valence-electron chi connectivity index (χ4n) is 3.50. The van der Waals surface area contributed by atoms with Crippen molar-refractivity contribution in [1.29, 1.82) is 0 Å². The molecule has 1 aromatic carbocycles. The van der Waals surface area contributed by atoms with Gasteiger partial charge in [-0.25, -0.2) is 9.97 Å². The molecule has 0 radical (unpaired) electrons. The Morgan fingerprint density at radius 1 is 1.30 bits per heavy atom. The van der Waals surface area contributed by atoms with E-state index in [1.807, 2.05) is 48.6 Å². The van der Waals surface area contributed by atoms with E-state index in [-0.39, 0.29) is 5.91 Å². The SMILES string of the molecule is Cc1nc(SCC(=O)NCc2ccccc2)c2c3c(sc2n1)C[C@@H](C)CC3. The lowest BCUT2D eigenvalue weighted by Crippen LogP contribution is -2.24. The number of carbonyl (C=O) groups is 1. The maximum absolute atomic E-state index is 12.3. The van der Waals surface area contributed by atoms with Crippen LogP contribution >= 0.6 is 23.1 Å². The summed E-state index contributed by atoms with van der Waals surface area (Å²) in [6.07, 6.45) is 3.45. The van der Waals surface area contributed by atoms with Crippen LogP contribution in [0.25, 0.3) is 10.2 Å². The topological polar surface area (TPSA) is 54.9 Å². The normalized spacial score (nSPS) is 16.3. The van der Waals surface area contributed by atoms with Gasteiger partial charge in [-0.1, -0.05) is 49.0 Å². The first-order valence-corrected chi connectivity index (χ1v) is 11.1. The van der Waals surface area contributed by atoms with E-state index >= 15 is 0 Å². The van der Waals surface area contributed by atoms with Gasteiger partial charge < -0.3 is 5.32 Å². The Balaban J connectivity index is 1.49. The molecule has 0 saturated heterocycles. The van der Waals surface area contributed by atoms with Gasteiger partial charge in [0.25, 0.3) is 0 Å². The zero-order valence-corrected chi connectivity index (χ0v) is 17.3. The van der Waals surface area contributed by atoms with Crippen molar-refractivity contribution in [2.75, 3.05) is 5.75 Å². The molecule has 0 unspecified atom stereocenters. The van der Waals surface area contributed by atoms with Crippen molar-refractivity contribution >= 4 is 39.2 Å². The molecule has 27 heavy (non-hydrogen) atoms. The molecule has 1 amide bonds. The first-order chi connectivity index (χ1) is 13.1. The standard InChI is InChI=1S/C21H23N3OS2/c1-13-8-9-16-17(10-13)27-21-19(16)20(23-14(2)24-21)26-12-18(25)22-11-15-6-4-3-5-7-15/h3-7,13H,8-12H2,1-2H3,(H,22,25)/t13-/m0/s1. The molecule has 4 nitrogen and oxygen atoms in total. The van der Waals surface area contributed by atoms with Crippen LogP contribution in [0.2, 0.25) is 0 Å². The highest BCUT2D eigenvalue weighted by Crippen LogP contribution is 2.40. The molecule has 3 aromatic rings. The van der Waals surface area contributed by atoms with Crippen LogP contribution in [0, 0.1) is 12.8 Å². The van der Waals surface area contributed by atoms with Gasteiger partial charge in [0, 0.05) is 16.8 Å². The minimum atomic E-state index is 0.0333. The number of hydrogen-bond donors (Lipinski definition) is 1. The summed E-state index contributed by atoms with van der Waals surface area (Å²) in [5, 5.41) is 5.14. The number of thioether (sulfide) groups is 1. The van der Waals surface area contributed by atoms with Crippen LogP contribution in [0.4, 0.5) is 0 Å². The van der Waals surface area contributed by atoms with Gasteiger partial charge in [0.1, 0.15) is 15.7 Å². The Labute approximate surface area is 167 Å². The van der Waals surface area contributed by atoms with Crippen molar-refractivity contribution in [1.82, 2.24) is 15.3 Å². The lowest BCUT2D eigenvalue weighted by molar-refractivity contribution is -0.118. The average molecular weight is 398 g/mol. The zero-order valence-electron chi connectivity index (χ0n) is 15.6. The Morgan fingerprint density at radius 2 is 2.11 bits per heavy atom. The second-order valence-corrected chi connectivity index (χ2v) is 9.21. The van der Waals surface area contributed by atoms with Crippen LogP contribution in [0.5, 0.6) is 0 Å². The minimum Gasteiger partial charge on any atom is -0.351 e. The van der Waals surface area contributed by atoms with Gasteiger partial charge in [-0.3, -0.25) is 4.79 Å². The van der Waals surface area contributed by atoms with Gasteiger partial charge in [-0.15, -0.1) is 11.3 Å². The smallest absolute Gasteiger partial charge is 0.230 e. The Hall–Kier alpha value is -1.92. The van der Waals surface area contributed by atoms with Crippen molar-refractivity contribution in [2.24, 2.45) is 5.92 Å². The summed E-state index contributed by atoms with van der Waals surface area (Å²) in [4.78, 5) is 24.2. The third-order valence-corrected chi connectivity index (χ3v) is 7.03. The summed E-state index contributed by atoms with van der Waals surface area (Å²) < 4.78 is 0. The predicted octanol–water partition coefficient (Wildman–Crippen LogP) is 4.53. The van der Waals surface area contributed by atoms with Crippen LogP contribution in [-0.2, 0) is 24.2 Å². The number of amides is 1. The van der Waals surface area contributed by atoms with E-state index in [1.54, 1.807) is 0 Å². The number of carbonyl (C=O) groups excluding carboxylic acids is 1. The first kappa shape index (κ1) is 18.4. The van der Waals surface area contributed by atoms with Gasteiger partial charge >= 0.3 is 0 Å². The molecule has 1 aliphatic carbocycles. The van der Waals surface area contributed by atoms with Crippen molar-refractivity contribution < 1.29 is 4.79 Å². The third kappa shape index (κ3) is 4.17. The average Bonchev–Trinajstić information content (AvgIpc) is 3.02. The Morgan fingerprint density at radius 3 is 2.93 bits per heavy atom. The number of rotatable bonds is 5. The molecular formula is C21H23N3OS2. The van der Waals surface area contributed by atoms with Crippen molar-refractivity contribution in [2.45, 2.75) is 44.7 Å². The highest BCUT2D eigenvalue weighted by molar-refractivity contribution is 8.00. The fraction of sp³-hybridized carbons (Fsp3) is 0.381. The molecular weight excluding hydrogens is 374 g/mol. The summed E-state index contributed by atoms with van der Waals surface area (Å²) in [5.74, 6) is 1.92. The number of aromatic nitrogens is 2. The molecule has 0 spiro atoms. The van der Waals surface area contributed by atoms with E-state index in [1.165, 1.54) is 34.0 Å². The predicted molar refractivity (Wildman–Crippen MR) is 112 cm³/mol. The van der Waals surface area contributed by atoms with E-state index in [4.69, 9.17) is 0 Å². The molecule has 0 bridgehead atoms. The molecule has 4 rings (SSSR count). The fourth-order valence-corrected chi connectivity index (χ4v) is 5.92. The molecule has 6 heteroatoms. The van der Waals surface area contributed by atoms with E-state index in [0.29, 0.717) is 12.3 Å². The largest absolute Gasteiger partial charge is 0.351 e. The second kappa shape index (κ2) is 7.98. The molecule has 0 fully saturated rings. The molecule has 2 aromatic heterocycles. The van der Waals surface area contributed by atoms with Gasteiger partial charge in [0.2, 0.25) is 5.91 Å². The lowest BCUT2D eigenvalue weighted by atomic mass is 9.89. The lowest BCUT2D eigenvalue weighted by Gasteiger charge is -2.18. The number of nitrogens with one attached hydrogen (secondary N) is 1. The summed E-state index contributed by atoms with van der Waals surface area (Å²) in [6.45, 7) is 4.81.